The van der Waals surface area contributed by atoms with E-state index >= 15 is 0 Å². The van der Waals surface area contributed by atoms with Gasteiger partial charge in [0.15, 0.2) is 5.58 Å². The van der Waals surface area contributed by atoms with E-state index in [2.05, 4.69) is 0 Å². The summed E-state index contributed by atoms with van der Waals surface area (Å²) in [7, 11) is -2.08. The molecule has 1 amide bonds. The third kappa shape index (κ3) is 3.98. The minimum absolute atomic E-state index is 0.127. The van der Waals surface area contributed by atoms with Crippen LogP contribution in [0.15, 0.2) is 32.3 Å². The number of carbonyl (C=O) groups is 1. The third-order valence-corrected chi connectivity index (χ3v) is 8.04. The van der Waals surface area contributed by atoms with Crippen molar-refractivity contribution in [3.8, 4) is 0 Å². The molecule has 2 aromatic rings. The first-order valence-corrected chi connectivity index (χ1v) is 11.7. The van der Waals surface area contributed by atoms with Crippen molar-refractivity contribution in [2.24, 2.45) is 13.0 Å². The van der Waals surface area contributed by atoms with Crippen LogP contribution in [0.3, 0.4) is 0 Å². The lowest BCUT2D eigenvalue weighted by atomic mass is 9.93. The highest BCUT2D eigenvalue weighted by Gasteiger charge is 2.31. The predicted molar refractivity (Wildman–Crippen MR) is 108 cm³/mol. The Bertz CT molecular complexity index is 1060. The number of aromatic nitrogens is 1. The number of aryl methyl sites for hydroxylation is 1. The van der Waals surface area contributed by atoms with Gasteiger partial charge in [0.05, 0.1) is 10.4 Å². The van der Waals surface area contributed by atoms with Crippen LogP contribution in [0.5, 0.6) is 0 Å². The standard InChI is InChI=1S/C20H27N3O5S/c1-21-17-6-5-16(14-18(17)28-20(21)25)29(26,27)23-11-7-15(8-12-23)13-19(24)22-9-3-2-4-10-22/h5-6,14-15H,2-4,7-13H2,1H3. The molecule has 2 aliphatic rings. The van der Waals surface area contributed by atoms with E-state index in [1.54, 1.807) is 13.1 Å². The van der Waals surface area contributed by atoms with Crippen molar-refractivity contribution in [1.29, 1.82) is 0 Å². The van der Waals surface area contributed by atoms with Crippen LogP contribution in [-0.4, -0.2) is 54.3 Å². The second-order valence-electron chi connectivity index (χ2n) is 8.05. The fraction of sp³-hybridized carbons (Fsp3) is 0.600. The van der Waals surface area contributed by atoms with Crippen molar-refractivity contribution >= 4 is 27.0 Å². The molecule has 29 heavy (non-hydrogen) atoms. The first-order valence-electron chi connectivity index (χ1n) is 10.2. The van der Waals surface area contributed by atoms with Gasteiger partial charge >= 0.3 is 5.76 Å². The number of rotatable bonds is 4. The van der Waals surface area contributed by atoms with Gasteiger partial charge in [-0.05, 0) is 50.2 Å². The summed E-state index contributed by atoms with van der Waals surface area (Å²) in [4.78, 5) is 26.2. The average Bonchev–Trinajstić information content (AvgIpc) is 3.02. The van der Waals surface area contributed by atoms with Crippen molar-refractivity contribution < 1.29 is 17.6 Å². The van der Waals surface area contributed by atoms with E-state index in [1.165, 1.54) is 27.4 Å². The Hall–Kier alpha value is -2.13. The highest BCUT2D eigenvalue weighted by atomic mass is 32.2. The van der Waals surface area contributed by atoms with E-state index in [1.807, 2.05) is 4.90 Å². The maximum atomic E-state index is 13.0. The number of oxazole rings is 1. The molecule has 1 aromatic carbocycles. The molecule has 0 atom stereocenters. The van der Waals surface area contributed by atoms with Crippen LogP contribution in [-0.2, 0) is 21.9 Å². The van der Waals surface area contributed by atoms with Crippen LogP contribution in [0.2, 0.25) is 0 Å². The summed E-state index contributed by atoms with van der Waals surface area (Å²) in [6.45, 7) is 2.50. The number of benzene rings is 1. The highest BCUT2D eigenvalue weighted by Crippen LogP contribution is 2.28. The van der Waals surface area contributed by atoms with Gasteiger partial charge in [-0.2, -0.15) is 4.31 Å². The van der Waals surface area contributed by atoms with Crippen molar-refractivity contribution in [1.82, 2.24) is 13.8 Å². The number of hydrogen-bond donors (Lipinski definition) is 0. The molecule has 2 saturated heterocycles. The van der Waals surface area contributed by atoms with Crippen LogP contribution in [0, 0.1) is 5.92 Å². The molecule has 9 heteroatoms. The molecule has 0 aliphatic carbocycles. The molecule has 8 nitrogen and oxygen atoms in total. The Morgan fingerprint density at radius 2 is 1.79 bits per heavy atom. The molecular formula is C20H27N3O5S. The van der Waals surface area contributed by atoms with Gasteiger partial charge in [0, 0.05) is 45.7 Å². The Labute approximate surface area is 170 Å². The molecule has 0 bridgehead atoms. The van der Waals surface area contributed by atoms with Crippen molar-refractivity contribution in [2.75, 3.05) is 26.2 Å². The van der Waals surface area contributed by atoms with Gasteiger partial charge in [-0.1, -0.05) is 0 Å². The summed E-state index contributed by atoms with van der Waals surface area (Å²) in [5.41, 5.74) is 0.824. The lowest BCUT2D eigenvalue weighted by Crippen LogP contribution is -2.41. The summed E-state index contributed by atoms with van der Waals surface area (Å²) < 4.78 is 34.0. The number of carbonyl (C=O) groups excluding carboxylic acids is 1. The molecule has 158 valence electrons. The minimum atomic E-state index is -3.66. The summed E-state index contributed by atoms with van der Waals surface area (Å²) >= 11 is 0. The van der Waals surface area contributed by atoms with Crippen molar-refractivity contribution in [3.63, 3.8) is 0 Å². The van der Waals surface area contributed by atoms with Gasteiger partial charge in [0.25, 0.3) is 0 Å². The third-order valence-electron chi connectivity index (χ3n) is 6.15. The quantitative estimate of drug-likeness (QED) is 0.752. The smallest absolute Gasteiger partial charge is 0.408 e. The first kappa shape index (κ1) is 20.2. The van der Waals surface area contributed by atoms with E-state index in [0.717, 1.165) is 25.9 Å². The van der Waals surface area contributed by atoms with Gasteiger partial charge < -0.3 is 9.32 Å². The van der Waals surface area contributed by atoms with E-state index in [-0.39, 0.29) is 22.3 Å². The molecule has 1 aromatic heterocycles. The minimum Gasteiger partial charge on any atom is -0.408 e. The molecule has 2 aliphatic heterocycles. The van der Waals surface area contributed by atoms with Crippen LogP contribution in [0.1, 0.15) is 38.5 Å². The Morgan fingerprint density at radius 3 is 2.48 bits per heavy atom. The number of fused-ring (bicyclic) bond motifs is 1. The number of sulfonamides is 1. The molecule has 0 spiro atoms. The lowest BCUT2D eigenvalue weighted by Gasteiger charge is -2.33. The molecule has 2 fully saturated rings. The average molecular weight is 422 g/mol. The van der Waals surface area contributed by atoms with Crippen LogP contribution in [0.25, 0.3) is 11.1 Å². The zero-order valence-electron chi connectivity index (χ0n) is 16.7. The number of piperidine rings is 2. The van der Waals surface area contributed by atoms with Crippen molar-refractivity contribution in [3.05, 3.63) is 28.7 Å². The fourth-order valence-electron chi connectivity index (χ4n) is 4.30. The van der Waals surface area contributed by atoms with E-state index in [4.69, 9.17) is 4.42 Å². The lowest BCUT2D eigenvalue weighted by molar-refractivity contribution is -0.133. The molecule has 0 saturated carbocycles. The van der Waals surface area contributed by atoms with Gasteiger partial charge in [-0.3, -0.25) is 9.36 Å². The molecule has 4 rings (SSSR count). The van der Waals surface area contributed by atoms with Gasteiger partial charge in [-0.15, -0.1) is 0 Å². The SMILES string of the molecule is Cn1c(=O)oc2cc(S(=O)(=O)N3CCC(CC(=O)N4CCCCC4)CC3)ccc21. The van der Waals surface area contributed by atoms with Crippen LogP contribution >= 0.6 is 0 Å². The predicted octanol–water partition coefficient (Wildman–Crippen LogP) is 1.93. The molecule has 0 radical (unpaired) electrons. The summed E-state index contributed by atoms with van der Waals surface area (Å²) in [6, 6.07) is 4.52. The number of hydrogen-bond acceptors (Lipinski definition) is 5. The van der Waals surface area contributed by atoms with Crippen molar-refractivity contribution in [2.45, 2.75) is 43.4 Å². The Kier molecular flexibility index (Phi) is 5.52. The second-order valence-corrected chi connectivity index (χ2v) is 9.99. The zero-order valence-corrected chi connectivity index (χ0v) is 17.5. The normalized spacial score (nSPS) is 19.7. The Balaban J connectivity index is 1.41. The van der Waals surface area contributed by atoms with E-state index in [0.29, 0.717) is 37.9 Å². The number of likely N-dealkylation sites (tertiary alicyclic amines) is 1. The maximum absolute atomic E-state index is 13.0. The van der Waals surface area contributed by atoms with Crippen LogP contribution < -0.4 is 5.76 Å². The number of amides is 1. The molecule has 0 N–H and O–H groups in total. The molecular weight excluding hydrogens is 394 g/mol. The highest BCUT2D eigenvalue weighted by molar-refractivity contribution is 7.89. The fourth-order valence-corrected chi connectivity index (χ4v) is 5.78. The monoisotopic (exact) mass is 421 g/mol. The summed E-state index contributed by atoms with van der Waals surface area (Å²) in [5, 5.41) is 0. The Morgan fingerprint density at radius 1 is 1.10 bits per heavy atom. The van der Waals surface area contributed by atoms with Gasteiger partial charge in [0.2, 0.25) is 15.9 Å². The largest absolute Gasteiger partial charge is 0.419 e. The van der Waals surface area contributed by atoms with Gasteiger partial charge in [-0.25, -0.2) is 13.2 Å². The summed E-state index contributed by atoms with van der Waals surface area (Å²) in [5.74, 6) is -0.0881. The topological polar surface area (TPSA) is 92.8 Å². The molecule has 0 unspecified atom stereocenters. The van der Waals surface area contributed by atoms with Gasteiger partial charge in [0.1, 0.15) is 0 Å². The summed E-state index contributed by atoms with van der Waals surface area (Å²) in [6.07, 6.45) is 5.22. The second kappa shape index (κ2) is 7.95. The van der Waals surface area contributed by atoms with Crippen LogP contribution in [0.4, 0.5) is 0 Å². The first-order chi connectivity index (χ1) is 13.9. The maximum Gasteiger partial charge on any atom is 0.419 e. The van der Waals surface area contributed by atoms with E-state index in [9.17, 15) is 18.0 Å². The van der Waals surface area contributed by atoms with E-state index < -0.39 is 15.8 Å². The number of nitrogens with zero attached hydrogens (tertiary/aromatic N) is 3. The zero-order chi connectivity index (χ0) is 20.6. The molecule has 3 heterocycles.